The van der Waals surface area contributed by atoms with E-state index in [0.29, 0.717) is 25.7 Å². The molecule has 0 amide bonds. The molecule has 1 saturated carbocycles. The van der Waals surface area contributed by atoms with Crippen molar-refractivity contribution in [3.8, 4) is 0 Å². The first-order valence-electron chi connectivity index (χ1n) is 8.78. The quantitative estimate of drug-likeness (QED) is 0.627. The number of hydrogen-bond acceptors (Lipinski definition) is 5. The molecule has 0 spiro atoms. The van der Waals surface area contributed by atoms with Crippen molar-refractivity contribution < 1.29 is 9.84 Å². The lowest BCUT2D eigenvalue weighted by atomic mass is 9.91. The number of nitrogens with one attached hydrogen (secondary N) is 1. The van der Waals surface area contributed by atoms with Crippen LogP contribution in [0.3, 0.4) is 0 Å². The Kier molecular flexibility index (Phi) is 3.77. The zero-order valence-corrected chi connectivity index (χ0v) is 15.7. The number of pyridine rings is 2. The maximum absolute atomic E-state index is 10.8. The van der Waals surface area contributed by atoms with E-state index in [0.717, 1.165) is 27.2 Å². The minimum absolute atomic E-state index is 0.336. The van der Waals surface area contributed by atoms with E-state index in [2.05, 4.69) is 42.9 Å². The van der Waals surface area contributed by atoms with Crippen molar-refractivity contribution in [1.82, 2.24) is 14.4 Å². The van der Waals surface area contributed by atoms with Crippen LogP contribution in [0.2, 0.25) is 0 Å². The molecule has 3 aromatic rings. The van der Waals surface area contributed by atoms with Gasteiger partial charge in [0.2, 0.25) is 0 Å². The largest absolute Gasteiger partial charge is 0.380 e. The summed E-state index contributed by atoms with van der Waals surface area (Å²) in [6, 6.07) is 5.98. The Morgan fingerprint density at radius 2 is 2.15 bits per heavy atom. The summed E-state index contributed by atoms with van der Waals surface area (Å²) in [4.78, 5) is 8.91. The number of fused-ring (bicyclic) bond motifs is 1. The van der Waals surface area contributed by atoms with Gasteiger partial charge in [-0.25, -0.2) is 9.97 Å². The van der Waals surface area contributed by atoms with Crippen LogP contribution in [0.15, 0.2) is 41.4 Å². The van der Waals surface area contributed by atoms with Crippen LogP contribution >= 0.6 is 15.9 Å². The SMILES string of the molecule is OC1(c2cc(C3CC3)cn3cc(CNc4ccnc(Br)c4)nc23)COC1. The van der Waals surface area contributed by atoms with E-state index in [1.54, 1.807) is 6.20 Å². The van der Waals surface area contributed by atoms with E-state index in [1.807, 2.05) is 18.3 Å². The molecular weight excluding hydrogens is 396 g/mol. The number of aliphatic hydroxyl groups is 1. The molecule has 0 bridgehead atoms. The van der Waals surface area contributed by atoms with Gasteiger partial charge < -0.3 is 19.6 Å². The van der Waals surface area contributed by atoms with Crippen LogP contribution in [-0.2, 0) is 16.9 Å². The molecule has 1 aliphatic heterocycles. The third-order valence-electron chi connectivity index (χ3n) is 5.05. The van der Waals surface area contributed by atoms with Crippen molar-refractivity contribution in [2.24, 2.45) is 0 Å². The van der Waals surface area contributed by atoms with Crippen molar-refractivity contribution in [2.45, 2.75) is 30.9 Å². The zero-order chi connectivity index (χ0) is 17.7. The van der Waals surface area contributed by atoms with Gasteiger partial charge in [-0.15, -0.1) is 0 Å². The number of imidazole rings is 1. The molecule has 2 fully saturated rings. The molecule has 26 heavy (non-hydrogen) atoms. The van der Waals surface area contributed by atoms with E-state index in [-0.39, 0.29) is 0 Å². The standard InChI is InChI=1S/C19H19BrN4O2/c20-17-6-14(3-4-21-17)22-7-15-9-24-8-13(12-1-2-12)5-16(18(24)23-15)19(25)10-26-11-19/h3-6,8-9,12,25H,1-2,7,10-11H2,(H,21,22). The molecule has 0 atom stereocenters. The summed E-state index contributed by atoms with van der Waals surface area (Å²) in [6.07, 6.45) is 8.39. The van der Waals surface area contributed by atoms with E-state index in [9.17, 15) is 5.11 Å². The van der Waals surface area contributed by atoms with Crippen LogP contribution in [0.25, 0.3) is 5.65 Å². The van der Waals surface area contributed by atoms with Crippen LogP contribution in [0.1, 0.15) is 35.6 Å². The van der Waals surface area contributed by atoms with Crippen molar-refractivity contribution in [3.63, 3.8) is 0 Å². The van der Waals surface area contributed by atoms with Crippen LogP contribution < -0.4 is 5.32 Å². The molecule has 7 heteroatoms. The predicted octanol–water partition coefficient (Wildman–Crippen LogP) is 3.20. The number of halogens is 1. The molecule has 1 saturated heterocycles. The highest BCUT2D eigenvalue weighted by atomic mass is 79.9. The van der Waals surface area contributed by atoms with Gasteiger partial charge in [-0.1, -0.05) is 0 Å². The number of aromatic nitrogens is 3. The van der Waals surface area contributed by atoms with Crippen LogP contribution in [0.5, 0.6) is 0 Å². The topological polar surface area (TPSA) is 71.7 Å². The van der Waals surface area contributed by atoms with Crippen molar-refractivity contribution in [1.29, 1.82) is 0 Å². The number of rotatable bonds is 5. The van der Waals surface area contributed by atoms with Gasteiger partial charge in [-0.05, 0) is 58.5 Å². The normalized spacial score (nSPS) is 18.7. The van der Waals surface area contributed by atoms with E-state index in [1.165, 1.54) is 18.4 Å². The molecule has 4 heterocycles. The third kappa shape index (κ3) is 2.90. The van der Waals surface area contributed by atoms with E-state index >= 15 is 0 Å². The number of anilines is 1. The summed E-state index contributed by atoms with van der Waals surface area (Å²) in [7, 11) is 0. The van der Waals surface area contributed by atoms with Gasteiger partial charge in [0.25, 0.3) is 0 Å². The highest BCUT2D eigenvalue weighted by molar-refractivity contribution is 9.10. The summed E-state index contributed by atoms with van der Waals surface area (Å²) in [6.45, 7) is 1.27. The Balaban J connectivity index is 1.48. The summed E-state index contributed by atoms with van der Waals surface area (Å²) in [5.41, 5.74) is 3.96. The van der Waals surface area contributed by atoms with Crippen molar-refractivity contribution in [2.75, 3.05) is 18.5 Å². The molecule has 5 rings (SSSR count). The third-order valence-corrected chi connectivity index (χ3v) is 5.49. The lowest BCUT2D eigenvalue weighted by molar-refractivity contribution is -0.184. The lowest BCUT2D eigenvalue weighted by Crippen LogP contribution is -2.46. The number of ether oxygens (including phenoxy) is 1. The first-order valence-corrected chi connectivity index (χ1v) is 9.58. The second-order valence-corrected chi connectivity index (χ2v) is 7.98. The van der Waals surface area contributed by atoms with Gasteiger partial charge in [-0.3, -0.25) is 0 Å². The number of nitrogens with zero attached hydrogens (tertiary/aromatic N) is 3. The minimum Gasteiger partial charge on any atom is -0.380 e. The molecule has 0 unspecified atom stereocenters. The fraction of sp³-hybridized carbons (Fsp3) is 0.368. The summed E-state index contributed by atoms with van der Waals surface area (Å²) in [5, 5.41) is 14.2. The Morgan fingerprint density at radius 1 is 1.31 bits per heavy atom. The monoisotopic (exact) mass is 414 g/mol. The molecule has 2 aliphatic rings. The molecule has 3 aromatic heterocycles. The van der Waals surface area contributed by atoms with Gasteiger partial charge in [0, 0.05) is 29.8 Å². The zero-order valence-electron chi connectivity index (χ0n) is 14.2. The Morgan fingerprint density at radius 3 is 2.85 bits per heavy atom. The van der Waals surface area contributed by atoms with Crippen molar-refractivity contribution >= 4 is 27.3 Å². The smallest absolute Gasteiger partial charge is 0.143 e. The van der Waals surface area contributed by atoms with Gasteiger partial charge in [0.15, 0.2) is 0 Å². The first kappa shape index (κ1) is 16.2. The first-order chi connectivity index (χ1) is 12.6. The fourth-order valence-electron chi connectivity index (χ4n) is 3.39. The summed E-state index contributed by atoms with van der Waals surface area (Å²) < 4.78 is 8.12. The van der Waals surface area contributed by atoms with E-state index < -0.39 is 5.60 Å². The maximum atomic E-state index is 10.8. The highest BCUT2D eigenvalue weighted by Crippen LogP contribution is 2.42. The van der Waals surface area contributed by atoms with Gasteiger partial charge in [0.05, 0.1) is 25.5 Å². The summed E-state index contributed by atoms with van der Waals surface area (Å²) in [5.74, 6) is 0.612. The molecule has 0 aromatic carbocycles. The van der Waals surface area contributed by atoms with Gasteiger partial charge >= 0.3 is 0 Å². The van der Waals surface area contributed by atoms with E-state index in [4.69, 9.17) is 9.72 Å². The number of hydrogen-bond donors (Lipinski definition) is 2. The lowest BCUT2D eigenvalue weighted by Gasteiger charge is -2.37. The second-order valence-electron chi connectivity index (χ2n) is 7.17. The van der Waals surface area contributed by atoms with Crippen LogP contribution in [-0.4, -0.2) is 32.7 Å². The van der Waals surface area contributed by atoms with Crippen LogP contribution in [0.4, 0.5) is 5.69 Å². The predicted molar refractivity (Wildman–Crippen MR) is 101 cm³/mol. The second kappa shape index (κ2) is 6.04. The molecular formula is C19H19BrN4O2. The molecule has 0 radical (unpaired) electrons. The molecule has 1 aliphatic carbocycles. The molecule has 2 N–H and O–H groups in total. The Bertz CT molecular complexity index is 979. The molecule has 6 nitrogen and oxygen atoms in total. The minimum atomic E-state index is -0.918. The average Bonchev–Trinajstić information content (AvgIpc) is 3.37. The fourth-order valence-corrected chi connectivity index (χ4v) is 3.76. The van der Waals surface area contributed by atoms with Crippen LogP contribution in [0, 0.1) is 0 Å². The maximum Gasteiger partial charge on any atom is 0.143 e. The Labute approximate surface area is 159 Å². The highest BCUT2D eigenvalue weighted by Gasteiger charge is 2.41. The summed E-state index contributed by atoms with van der Waals surface area (Å²) >= 11 is 3.38. The Hall–Kier alpha value is -1.96. The van der Waals surface area contributed by atoms with Crippen molar-refractivity contribution in [3.05, 3.63) is 58.2 Å². The molecule has 134 valence electrons. The van der Waals surface area contributed by atoms with Gasteiger partial charge in [0.1, 0.15) is 15.9 Å². The average molecular weight is 415 g/mol. The van der Waals surface area contributed by atoms with Gasteiger partial charge in [-0.2, -0.15) is 0 Å².